The van der Waals surface area contributed by atoms with Crippen molar-refractivity contribution in [1.82, 2.24) is 0 Å². The van der Waals surface area contributed by atoms with E-state index in [0.29, 0.717) is 5.75 Å². The van der Waals surface area contributed by atoms with Gasteiger partial charge in [-0.1, -0.05) is 0 Å². The van der Waals surface area contributed by atoms with Gasteiger partial charge >= 0.3 is 0 Å². The predicted octanol–water partition coefficient (Wildman–Crippen LogP) is 2.21. The number of nitrogens with zero attached hydrogens (tertiary/aromatic N) is 1. The zero-order valence-corrected chi connectivity index (χ0v) is 10.5. The Morgan fingerprint density at radius 2 is 2.17 bits per heavy atom. The van der Waals surface area contributed by atoms with Crippen LogP contribution in [0.4, 0.5) is 5.69 Å². The molecule has 0 amide bonds. The molecule has 0 N–H and O–H groups in total. The summed E-state index contributed by atoms with van der Waals surface area (Å²) < 4.78 is 10.4. The number of ether oxygens (including phenoxy) is 2. The molecule has 0 saturated heterocycles. The Morgan fingerprint density at radius 3 is 2.67 bits per heavy atom. The van der Waals surface area contributed by atoms with Gasteiger partial charge in [0.1, 0.15) is 12.4 Å². The van der Waals surface area contributed by atoms with Crippen LogP contribution in [0.2, 0.25) is 0 Å². The van der Waals surface area contributed by atoms with Crippen molar-refractivity contribution in [2.24, 2.45) is 0 Å². The van der Waals surface area contributed by atoms with Crippen molar-refractivity contribution < 1.29 is 19.2 Å². The van der Waals surface area contributed by atoms with Crippen LogP contribution in [0.1, 0.15) is 24.2 Å². The number of Topliss-reactive ketones (excluding diaryl/α,β-unsaturated/α-hetero) is 1. The number of hydrogen-bond donors (Lipinski definition) is 0. The van der Waals surface area contributed by atoms with Crippen LogP contribution < -0.4 is 4.74 Å². The Kier molecular flexibility index (Phi) is 4.79. The number of ketones is 1. The summed E-state index contributed by atoms with van der Waals surface area (Å²) in [5.74, 6) is 0.0516. The lowest BCUT2D eigenvalue weighted by Gasteiger charge is -2.13. The molecule has 0 aliphatic carbocycles. The summed E-state index contributed by atoms with van der Waals surface area (Å²) in [5, 5.41) is 10.6. The number of non-ortho nitro benzene ring substituents is 1. The third-order valence-electron chi connectivity index (χ3n) is 2.43. The Labute approximate surface area is 105 Å². The highest BCUT2D eigenvalue weighted by Crippen LogP contribution is 2.24. The Morgan fingerprint density at radius 1 is 1.50 bits per heavy atom. The normalized spacial score (nSPS) is 11.9. The van der Waals surface area contributed by atoms with Crippen molar-refractivity contribution in [3.05, 3.63) is 33.9 Å². The molecule has 0 saturated carbocycles. The molecule has 0 bridgehead atoms. The monoisotopic (exact) mass is 253 g/mol. The van der Waals surface area contributed by atoms with E-state index in [-0.39, 0.29) is 29.7 Å². The van der Waals surface area contributed by atoms with Gasteiger partial charge in [0, 0.05) is 19.2 Å². The van der Waals surface area contributed by atoms with Crippen LogP contribution in [0.25, 0.3) is 0 Å². The maximum Gasteiger partial charge on any atom is 0.270 e. The fourth-order valence-electron chi connectivity index (χ4n) is 1.31. The standard InChI is InChI=1S/C12H15NO5/c1-8(17-3)7-18-12-5-4-10(13(15)16)6-11(12)9(2)14/h4-6,8H,7H2,1-3H3. The number of benzene rings is 1. The highest BCUT2D eigenvalue weighted by atomic mass is 16.6. The molecule has 0 aromatic heterocycles. The van der Waals surface area contributed by atoms with E-state index in [2.05, 4.69) is 0 Å². The van der Waals surface area contributed by atoms with Gasteiger partial charge in [0.05, 0.1) is 16.6 Å². The van der Waals surface area contributed by atoms with Crippen molar-refractivity contribution in [1.29, 1.82) is 0 Å². The van der Waals surface area contributed by atoms with Crippen molar-refractivity contribution in [3.63, 3.8) is 0 Å². The number of nitro benzene ring substituents is 1. The van der Waals surface area contributed by atoms with Crippen molar-refractivity contribution in [2.75, 3.05) is 13.7 Å². The first-order valence-electron chi connectivity index (χ1n) is 5.40. The van der Waals surface area contributed by atoms with E-state index in [9.17, 15) is 14.9 Å². The lowest BCUT2D eigenvalue weighted by atomic mass is 10.1. The average molecular weight is 253 g/mol. The maximum absolute atomic E-state index is 11.4. The number of hydrogen-bond acceptors (Lipinski definition) is 5. The molecule has 1 aromatic rings. The van der Waals surface area contributed by atoms with Crippen LogP contribution in [0.5, 0.6) is 5.75 Å². The SMILES string of the molecule is COC(C)COc1ccc([N+](=O)[O-])cc1C(C)=O. The first-order chi connectivity index (χ1) is 8.45. The lowest BCUT2D eigenvalue weighted by molar-refractivity contribution is -0.384. The largest absolute Gasteiger partial charge is 0.490 e. The van der Waals surface area contributed by atoms with Gasteiger partial charge in [-0.05, 0) is 19.9 Å². The molecule has 0 spiro atoms. The third kappa shape index (κ3) is 3.53. The molecule has 6 nitrogen and oxygen atoms in total. The molecule has 1 unspecified atom stereocenters. The number of carbonyl (C=O) groups is 1. The smallest absolute Gasteiger partial charge is 0.270 e. The van der Waals surface area contributed by atoms with Gasteiger partial charge < -0.3 is 9.47 Å². The summed E-state index contributed by atoms with van der Waals surface area (Å²) in [5.41, 5.74) is 0.0693. The molecule has 1 aromatic carbocycles. The van der Waals surface area contributed by atoms with Crippen LogP contribution in [0, 0.1) is 10.1 Å². The molecule has 18 heavy (non-hydrogen) atoms. The van der Waals surface area contributed by atoms with Gasteiger partial charge in [0.15, 0.2) is 5.78 Å². The van der Waals surface area contributed by atoms with Gasteiger partial charge in [0.25, 0.3) is 5.69 Å². The highest BCUT2D eigenvalue weighted by molar-refractivity contribution is 5.97. The average Bonchev–Trinajstić information content (AvgIpc) is 2.35. The van der Waals surface area contributed by atoms with Crippen LogP contribution in [-0.4, -0.2) is 30.5 Å². The van der Waals surface area contributed by atoms with E-state index in [4.69, 9.17) is 9.47 Å². The van der Waals surface area contributed by atoms with Gasteiger partial charge in [-0.25, -0.2) is 0 Å². The Balaban J connectivity index is 2.97. The first kappa shape index (κ1) is 14.1. The molecular weight excluding hydrogens is 238 g/mol. The zero-order valence-electron chi connectivity index (χ0n) is 10.5. The van der Waals surface area contributed by atoms with Gasteiger partial charge in [-0.2, -0.15) is 0 Å². The molecular formula is C12H15NO5. The van der Waals surface area contributed by atoms with E-state index < -0.39 is 4.92 Å². The number of methoxy groups -OCH3 is 1. The molecule has 0 radical (unpaired) electrons. The maximum atomic E-state index is 11.4. The van der Waals surface area contributed by atoms with E-state index in [1.54, 1.807) is 7.11 Å². The molecule has 0 fully saturated rings. The molecule has 0 aliphatic rings. The number of carbonyl (C=O) groups excluding carboxylic acids is 1. The van der Waals surface area contributed by atoms with Crippen LogP contribution in [0.3, 0.4) is 0 Å². The van der Waals surface area contributed by atoms with Crippen molar-refractivity contribution >= 4 is 11.5 Å². The Hall–Kier alpha value is -1.95. The van der Waals surface area contributed by atoms with Gasteiger partial charge in [-0.15, -0.1) is 0 Å². The third-order valence-corrected chi connectivity index (χ3v) is 2.43. The second kappa shape index (κ2) is 6.11. The molecule has 1 atom stereocenters. The lowest BCUT2D eigenvalue weighted by Crippen LogP contribution is -2.17. The molecule has 1 rings (SSSR count). The van der Waals surface area contributed by atoms with E-state index >= 15 is 0 Å². The quantitative estimate of drug-likeness (QED) is 0.441. The summed E-state index contributed by atoms with van der Waals surface area (Å²) >= 11 is 0. The van der Waals surface area contributed by atoms with Crippen LogP contribution in [-0.2, 0) is 4.74 Å². The fraction of sp³-hybridized carbons (Fsp3) is 0.417. The zero-order chi connectivity index (χ0) is 13.7. The summed E-state index contributed by atoms with van der Waals surface area (Å²) in [6.07, 6.45) is -0.125. The number of nitro groups is 1. The molecule has 6 heteroatoms. The van der Waals surface area contributed by atoms with E-state index in [1.807, 2.05) is 6.92 Å². The molecule has 0 heterocycles. The fourth-order valence-corrected chi connectivity index (χ4v) is 1.31. The predicted molar refractivity (Wildman–Crippen MR) is 65.1 cm³/mol. The second-order valence-electron chi connectivity index (χ2n) is 3.85. The first-order valence-corrected chi connectivity index (χ1v) is 5.40. The van der Waals surface area contributed by atoms with Crippen LogP contribution >= 0.6 is 0 Å². The molecule has 98 valence electrons. The van der Waals surface area contributed by atoms with E-state index in [1.165, 1.54) is 25.1 Å². The summed E-state index contributed by atoms with van der Waals surface area (Å²) in [6, 6.07) is 3.95. The topological polar surface area (TPSA) is 78.7 Å². The Bertz CT molecular complexity index is 458. The van der Waals surface area contributed by atoms with E-state index in [0.717, 1.165) is 0 Å². The summed E-state index contributed by atoms with van der Waals surface area (Å²) in [7, 11) is 1.55. The van der Waals surface area contributed by atoms with Crippen molar-refractivity contribution in [3.8, 4) is 5.75 Å². The minimum absolute atomic E-state index is 0.125. The minimum Gasteiger partial charge on any atom is -0.490 e. The van der Waals surface area contributed by atoms with Crippen molar-refractivity contribution in [2.45, 2.75) is 20.0 Å². The van der Waals surface area contributed by atoms with Gasteiger partial charge in [-0.3, -0.25) is 14.9 Å². The second-order valence-corrected chi connectivity index (χ2v) is 3.85. The van der Waals surface area contributed by atoms with Gasteiger partial charge in [0.2, 0.25) is 0 Å². The highest BCUT2D eigenvalue weighted by Gasteiger charge is 2.15. The summed E-state index contributed by atoms with van der Waals surface area (Å²) in [4.78, 5) is 21.5. The number of rotatable bonds is 6. The molecule has 0 aliphatic heterocycles. The minimum atomic E-state index is -0.548. The summed E-state index contributed by atoms with van der Waals surface area (Å²) in [6.45, 7) is 3.43. The van der Waals surface area contributed by atoms with Crippen LogP contribution in [0.15, 0.2) is 18.2 Å².